The molecule has 20 heavy (non-hydrogen) atoms. The molecule has 0 unspecified atom stereocenters. The van der Waals surface area contributed by atoms with Crippen LogP contribution in [0.3, 0.4) is 0 Å². The molecule has 0 spiro atoms. The molecular weight excluding hydrogens is 264 g/mol. The number of anilines is 2. The van der Waals surface area contributed by atoms with Crippen LogP contribution < -0.4 is 11.5 Å². The number of aliphatic hydroxyl groups is 3. The molecule has 0 radical (unpaired) electrons. The van der Waals surface area contributed by atoms with E-state index in [1.54, 1.807) is 22.9 Å². The largest absolute Gasteiger partial charge is 0.394 e. The van der Waals surface area contributed by atoms with Gasteiger partial charge in [0, 0.05) is 17.6 Å². The van der Waals surface area contributed by atoms with Gasteiger partial charge in [-0.2, -0.15) is 0 Å². The number of hydrogen-bond donors (Lipinski definition) is 5. The minimum absolute atomic E-state index is 0.252. The van der Waals surface area contributed by atoms with Gasteiger partial charge in [0.05, 0.1) is 12.1 Å². The molecule has 0 saturated carbocycles. The summed E-state index contributed by atoms with van der Waals surface area (Å²) in [7, 11) is 0. The summed E-state index contributed by atoms with van der Waals surface area (Å²) < 4.78 is 7.10. The number of fused-ring (bicyclic) bond motifs is 1. The Balaban J connectivity index is 2.07. The Labute approximate surface area is 114 Å². The molecule has 8 heteroatoms. The zero-order chi connectivity index (χ0) is 14.4. The lowest BCUT2D eigenvalue weighted by Crippen LogP contribution is -2.33. The third-order valence-corrected chi connectivity index (χ3v) is 3.56. The maximum absolute atomic E-state index is 10.0. The van der Waals surface area contributed by atoms with Crippen molar-refractivity contribution in [2.45, 2.75) is 24.5 Å². The van der Waals surface area contributed by atoms with E-state index >= 15 is 0 Å². The summed E-state index contributed by atoms with van der Waals surface area (Å²) >= 11 is 0. The summed E-state index contributed by atoms with van der Waals surface area (Å²) in [6.07, 6.45) is -2.29. The van der Waals surface area contributed by atoms with Crippen LogP contribution in [-0.4, -0.2) is 49.8 Å². The van der Waals surface area contributed by atoms with Gasteiger partial charge in [-0.15, -0.1) is 0 Å². The molecule has 0 aliphatic carbocycles. The zero-order valence-corrected chi connectivity index (χ0v) is 10.5. The van der Waals surface area contributed by atoms with Crippen molar-refractivity contribution in [2.75, 3.05) is 18.1 Å². The highest BCUT2D eigenvalue weighted by atomic mass is 16.6. The van der Waals surface area contributed by atoms with Crippen molar-refractivity contribution in [3.63, 3.8) is 0 Å². The zero-order valence-electron chi connectivity index (χ0n) is 10.5. The van der Waals surface area contributed by atoms with Crippen molar-refractivity contribution in [1.29, 1.82) is 0 Å². The molecule has 108 valence electrons. The first-order valence-corrected chi connectivity index (χ1v) is 6.18. The first-order chi connectivity index (χ1) is 9.52. The van der Waals surface area contributed by atoms with E-state index in [1.807, 2.05) is 0 Å². The molecule has 1 aliphatic heterocycles. The van der Waals surface area contributed by atoms with Crippen LogP contribution in [0.4, 0.5) is 11.6 Å². The van der Waals surface area contributed by atoms with Gasteiger partial charge < -0.3 is 36.1 Å². The molecule has 0 bridgehead atoms. The van der Waals surface area contributed by atoms with Crippen molar-refractivity contribution in [2.24, 2.45) is 0 Å². The van der Waals surface area contributed by atoms with E-state index in [0.29, 0.717) is 10.9 Å². The monoisotopic (exact) mass is 280 g/mol. The molecule has 1 aliphatic rings. The standard InChI is InChI=1S/C12H16N4O4/c13-8-3-6-5(11(14)15-8)1-2-16(6)12-10(19)9(18)7(4-17)20-12/h1-3,7,9-10,12,17-19H,4H2,(H4,13,14,15)/t7-,9-,10-,12-/m1/s1. The van der Waals surface area contributed by atoms with E-state index in [-0.39, 0.29) is 18.2 Å². The van der Waals surface area contributed by atoms with Crippen LogP contribution in [0.25, 0.3) is 10.9 Å². The molecular formula is C12H16N4O4. The maximum atomic E-state index is 10.0. The normalized spacial score (nSPS) is 30.1. The van der Waals surface area contributed by atoms with Crippen LogP contribution in [-0.2, 0) is 4.74 Å². The summed E-state index contributed by atoms with van der Waals surface area (Å²) in [5.74, 6) is 0.534. The van der Waals surface area contributed by atoms with Crippen LogP contribution in [0.1, 0.15) is 6.23 Å². The maximum Gasteiger partial charge on any atom is 0.163 e. The van der Waals surface area contributed by atoms with Crippen LogP contribution in [0.5, 0.6) is 0 Å². The fraction of sp³-hybridized carbons (Fsp3) is 0.417. The molecule has 3 heterocycles. The lowest BCUT2D eigenvalue weighted by Gasteiger charge is -2.18. The predicted molar refractivity (Wildman–Crippen MR) is 71.6 cm³/mol. The third kappa shape index (κ3) is 1.81. The van der Waals surface area contributed by atoms with Gasteiger partial charge in [0.1, 0.15) is 29.9 Å². The molecule has 0 aromatic carbocycles. The average Bonchev–Trinajstić information content (AvgIpc) is 2.93. The number of hydrogen-bond acceptors (Lipinski definition) is 7. The summed E-state index contributed by atoms with van der Waals surface area (Å²) in [6.45, 7) is -0.375. The van der Waals surface area contributed by atoms with Gasteiger partial charge in [-0.3, -0.25) is 0 Å². The molecule has 7 N–H and O–H groups in total. The van der Waals surface area contributed by atoms with Crippen molar-refractivity contribution in [3.05, 3.63) is 18.3 Å². The summed E-state index contributed by atoms with van der Waals surface area (Å²) in [4.78, 5) is 3.96. The van der Waals surface area contributed by atoms with E-state index in [9.17, 15) is 10.2 Å². The summed E-state index contributed by atoms with van der Waals surface area (Å²) in [6, 6.07) is 3.34. The number of ether oxygens (including phenoxy) is 1. The van der Waals surface area contributed by atoms with Crippen LogP contribution in [0.15, 0.2) is 18.3 Å². The van der Waals surface area contributed by atoms with Crippen LogP contribution in [0, 0.1) is 0 Å². The lowest BCUT2D eigenvalue weighted by molar-refractivity contribution is -0.0506. The minimum Gasteiger partial charge on any atom is -0.394 e. The first-order valence-electron chi connectivity index (χ1n) is 6.18. The van der Waals surface area contributed by atoms with Gasteiger partial charge in [-0.1, -0.05) is 0 Å². The van der Waals surface area contributed by atoms with Gasteiger partial charge in [0.25, 0.3) is 0 Å². The van der Waals surface area contributed by atoms with E-state index in [1.165, 1.54) is 0 Å². The Morgan fingerprint density at radius 2 is 2.05 bits per heavy atom. The van der Waals surface area contributed by atoms with Gasteiger partial charge in [-0.05, 0) is 6.07 Å². The highest BCUT2D eigenvalue weighted by Crippen LogP contribution is 2.33. The number of nitrogen functional groups attached to an aromatic ring is 2. The van der Waals surface area contributed by atoms with Crippen LogP contribution >= 0.6 is 0 Å². The average molecular weight is 280 g/mol. The van der Waals surface area contributed by atoms with E-state index in [4.69, 9.17) is 21.3 Å². The van der Waals surface area contributed by atoms with Gasteiger partial charge in [0.15, 0.2) is 6.23 Å². The summed E-state index contributed by atoms with van der Waals surface area (Å²) in [5, 5.41) is 29.6. The Morgan fingerprint density at radius 1 is 1.30 bits per heavy atom. The van der Waals surface area contributed by atoms with Crippen molar-refractivity contribution in [3.8, 4) is 0 Å². The molecule has 0 amide bonds. The fourth-order valence-electron chi connectivity index (χ4n) is 2.53. The Kier molecular flexibility index (Phi) is 3.02. The Hall–Kier alpha value is -1.87. The number of aromatic nitrogens is 2. The number of nitrogens with two attached hydrogens (primary N) is 2. The second-order valence-corrected chi connectivity index (χ2v) is 4.82. The molecule has 2 aromatic heterocycles. The second-order valence-electron chi connectivity index (χ2n) is 4.82. The lowest BCUT2D eigenvalue weighted by atomic mass is 10.1. The van der Waals surface area contributed by atoms with E-state index in [2.05, 4.69) is 4.98 Å². The second kappa shape index (κ2) is 4.60. The topological polar surface area (TPSA) is 140 Å². The highest BCUT2D eigenvalue weighted by molar-refractivity contribution is 5.91. The molecule has 8 nitrogen and oxygen atoms in total. The SMILES string of the molecule is Nc1cc2c(ccn2[C@@H]2O[C@H](CO)[C@@H](O)[C@H]2O)c(N)n1. The molecule has 2 aromatic rings. The first kappa shape index (κ1) is 13.1. The minimum atomic E-state index is -1.15. The van der Waals surface area contributed by atoms with E-state index in [0.717, 1.165) is 0 Å². The van der Waals surface area contributed by atoms with Gasteiger partial charge in [-0.25, -0.2) is 4.98 Å². The fourth-order valence-corrected chi connectivity index (χ4v) is 2.53. The van der Waals surface area contributed by atoms with E-state index < -0.39 is 24.5 Å². The number of rotatable bonds is 2. The number of nitrogens with zero attached hydrogens (tertiary/aromatic N) is 2. The molecule has 3 rings (SSSR count). The van der Waals surface area contributed by atoms with Gasteiger partial charge >= 0.3 is 0 Å². The molecule has 1 saturated heterocycles. The number of pyridine rings is 1. The van der Waals surface area contributed by atoms with Crippen LogP contribution in [0.2, 0.25) is 0 Å². The predicted octanol–water partition coefficient (Wildman–Crippen LogP) is -1.19. The third-order valence-electron chi connectivity index (χ3n) is 3.56. The van der Waals surface area contributed by atoms with Crippen molar-refractivity contribution >= 4 is 22.5 Å². The van der Waals surface area contributed by atoms with Gasteiger partial charge in [0.2, 0.25) is 0 Å². The molecule has 4 atom stereocenters. The molecule has 1 fully saturated rings. The van der Waals surface area contributed by atoms with Crippen molar-refractivity contribution < 1.29 is 20.1 Å². The van der Waals surface area contributed by atoms with Crippen molar-refractivity contribution in [1.82, 2.24) is 9.55 Å². The number of aliphatic hydroxyl groups excluding tert-OH is 3. The quantitative estimate of drug-likeness (QED) is 0.466. The Morgan fingerprint density at radius 3 is 2.70 bits per heavy atom. The Bertz CT molecular complexity index is 644. The highest BCUT2D eigenvalue weighted by Gasteiger charge is 2.43. The summed E-state index contributed by atoms with van der Waals surface area (Å²) in [5.41, 5.74) is 12.1. The smallest absolute Gasteiger partial charge is 0.163 e.